The molecule has 0 fully saturated rings. The molecule has 6 heteroatoms. The van der Waals surface area contributed by atoms with E-state index in [9.17, 15) is 9.59 Å². The minimum absolute atomic E-state index is 0.120. The average Bonchev–Trinajstić information content (AvgIpc) is 2.98. The molecule has 0 unspecified atom stereocenters. The van der Waals surface area contributed by atoms with E-state index in [1.165, 1.54) is 11.9 Å². The molecule has 0 saturated carbocycles. The van der Waals surface area contributed by atoms with Crippen LogP contribution in [0.15, 0.2) is 48.8 Å². The first-order valence-electron chi connectivity index (χ1n) is 6.59. The van der Waals surface area contributed by atoms with Crippen LogP contribution < -0.4 is 4.72 Å². The van der Waals surface area contributed by atoms with Crippen LogP contribution in [0, 0.1) is 0 Å². The van der Waals surface area contributed by atoms with Gasteiger partial charge in [0, 0.05) is 40.8 Å². The van der Waals surface area contributed by atoms with Gasteiger partial charge in [-0.2, -0.15) is 0 Å². The standard InChI is InChI=1S/C16H13N3O2S/c1-22-18-16(21)12-2-4-14(5-3-12)19-7-6-13-8-11(10-20)9-17-15(13)19/h2-10H,1H3,(H,18,21). The monoisotopic (exact) mass is 311 g/mol. The van der Waals surface area contributed by atoms with Crippen molar-refractivity contribution in [3.8, 4) is 5.69 Å². The van der Waals surface area contributed by atoms with Crippen molar-refractivity contribution in [3.63, 3.8) is 0 Å². The van der Waals surface area contributed by atoms with Gasteiger partial charge in [-0.25, -0.2) is 4.98 Å². The van der Waals surface area contributed by atoms with Crippen molar-refractivity contribution in [2.45, 2.75) is 0 Å². The van der Waals surface area contributed by atoms with Gasteiger partial charge in [-0.15, -0.1) is 0 Å². The van der Waals surface area contributed by atoms with Crippen LogP contribution in [-0.4, -0.2) is 28.0 Å². The molecular weight excluding hydrogens is 298 g/mol. The Balaban J connectivity index is 1.97. The number of benzene rings is 1. The van der Waals surface area contributed by atoms with E-state index in [4.69, 9.17) is 0 Å². The summed E-state index contributed by atoms with van der Waals surface area (Å²) in [4.78, 5) is 26.9. The molecule has 0 aliphatic rings. The predicted molar refractivity (Wildman–Crippen MR) is 87.4 cm³/mol. The Hall–Kier alpha value is -2.60. The maximum absolute atomic E-state index is 11.7. The van der Waals surface area contributed by atoms with Gasteiger partial charge in [0.05, 0.1) is 0 Å². The molecule has 0 saturated heterocycles. The van der Waals surface area contributed by atoms with Crippen LogP contribution in [0.3, 0.4) is 0 Å². The number of carbonyl (C=O) groups excluding carboxylic acids is 2. The average molecular weight is 311 g/mol. The van der Waals surface area contributed by atoms with Gasteiger partial charge >= 0.3 is 0 Å². The summed E-state index contributed by atoms with van der Waals surface area (Å²) < 4.78 is 4.60. The Morgan fingerprint density at radius 2 is 2.05 bits per heavy atom. The van der Waals surface area contributed by atoms with Crippen molar-refractivity contribution in [2.24, 2.45) is 0 Å². The van der Waals surface area contributed by atoms with E-state index >= 15 is 0 Å². The molecule has 0 spiro atoms. The number of carbonyl (C=O) groups is 2. The van der Waals surface area contributed by atoms with E-state index in [1.54, 1.807) is 30.7 Å². The third-order valence-corrected chi connectivity index (χ3v) is 3.68. The van der Waals surface area contributed by atoms with Gasteiger partial charge in [0.2, 0.25) is 0 Å². The second-order valence-corrected chi connectivity index (χ2v) is 5.28. The first kappa shape index (κ1) is 14.3. The van der Waals surface area contributed by atoms with Crippen molar-refractivity contribution in [1.82, 2.24) is 14.3 Å². The topological polar surface area (TPSA) is 64.0 Å². The zero-order valence-electron chi connectivity index (χ0n) is 11.8. The Labute approximate surface area is 131 Å². The summed E-state index contributed by atoms with van der Waals surface area (Å²) in [6.45, 7) is 0. The number of fused-ring (bicyclic) bond motifs is 1. The third-order valence-electron chi connectivity index (χ3n) is 3.29. The number of pyridine rings is 1. The largest absolute Gasteiger partial charge is 0.301 e. The van der Waals surface area contributed by atoms with Crippen molar-refractivity contribution >= 4 is 35.2 Å². The lowest BCUT2D eigenvalue weighted by Crippen LogP contribution is -2.14. The maximum Gasteiger partial charge on any atom is 0.261 e. The van der Waals surface area contributed by atoms with Crippen LogP contribution in [0.1, 0.15) is 20.7 Å². The molecule has 5 nitrogen and oxygen atoms in total. The summed E-state index contributed by atoms with van der Waals surface area (Å²) in [7, 11) is 0. The van der Waals surface area contributed by atoms with Crippen molar-refractivity contribution in [3.05, 3.63) is 59.9 Å². The molecule has 1 N–H and O–H groups in total. The highest BCUT2D eigenvalue weighted by atomic mass is 32.2. The van der Waals surface area contributed by atoms with Gasteiger partial charge in [-0.05, 0) is 36.4 Å². The lowest BCUT2D eigenvalue weighted by atomic mass is 10.2. The summed E-state index contributed by atoms with van der Waals surface area (Å²) in [6.07, 6.45) is 6.02. The number of aromatic nitrogens is 2. The highest BCUT2D eigenvalue weighted by Gasteiger charge is 2.08. The Bertz CT molecular complexity index is 840. The number of rotatable bonds is 4. The summed E-state index contributed by atoms with van der Waals surface area (Å²) in [5.74, 6) is -0.120. The number of nitrogens with one attached hydrogen (secondary N) is 1. The van der Waals surface area contributed by atoms with E-state index in [0.29, 0.717) is 11.1 Å². The number of nitrogens with zero attached hydrogens (tertiary/aromatic N) is 2. The molecule has 0 aliphatic carbocycles. The lowest BCUT2D eigenvalue weighted by Gasteiger charge is -2.06. The van der Waals surface area contributed by atoms with Crippen LogP contribution in [0.4, 0.5) is 0 Å². The van der Waals surface area contributed by atoms with Crippen LogP contribution in [-0.2, 0) is 0 Å². The van der Waals surface area contributed by atoms with E-state index in [1.807, 2.05) is 29.0 Å². The van der Waals surface area contributed by atoms with Gasteiger partial charge < -0.3 is 4.57 Å². The van der Waals surface area contributed by atoms with Gasteiger partial charge in [0.1, 0.15) is 5.65 Å². The molecule has 22 heavy (non-hydrogen) atoms. The molecule has 2 heterocycles. The molecule has 0 aliphatic heterocycles. The molecule has 0 atom stereocenters. The highest BCUT2D eigenvalue weighted by molar-refractivity contribution is 7.97. The summed E-state index contributed by atoms with van der Waals surface area (Å²) in [5.41, 5.74) is 2.83. The molecule has 3 rings (SSSR count). The third kappa shape index (κ3) is 2.60. The molecule has 0 bridgehead atoms. The molecule has 1 amide bonds. The minimum atomic E-state index is -0.120. The smallest absolute Gasteiger partial charge is 0.261 e. The van der Waals surface area contributed by atoms with Crippen LogP contribution in [0.2, 0.25) is 0 Å². The summed E-state index contributed by atoms with van der Waals surface area (Å²) >= 11 is 1.27. The number of aldehydes is 1. The summed E-state index contributed by atoms with van der Waals surface area (Å²) in [5, 5.41) is 0.897. The second-order valence-electron chi connectivity index (χ2n) is 4.67. The van der Waals surface area contributed by atoms with Crippen LogP contribution >= 0.6 is 11.9 Å². The SMILES string of the molecule is CSNC(=O)c1ccc(-n2ccc3cc(C=O)cnc32)cc1. The van der Waals surface area contributed by atoms with E-state index in [0.717, 1.165) is 23.0 Å². The number of hydrogen-bond acceptors (Lipinski definition) is 4. The Morgan fingerprint density at radius 1 is 1.27 bits per heavy atom. The Kier molecular flexibility index (Phi) is 3.93. The fourth-order valence-corrected chi connectivity index (χ4v) is 2.54. The molecule has 1 aromatic carbocycles. The zero-order valence-corrected chi connectivity index (χ0v) is 12.6. The maximum atomic E-state index is 11.7. The predicted octanol–water partition coefficient (Wildman–Crippen LogP) is 2.85. The molecule has 0 radical (unpaired) electrons. The van der Waals surface area contributed by atoms with Gasteiger partial charge in [-0.1, -0.05) is 11.9 Å². The molecular formula is C16H13N3O2S. The highest BCUT2D eigenvalue weighted by Crippen LogP contribution is 2.19. The van der Waals surface area contributed by atoms with E-state index < -0.39 is 0 Å². The lowest BCUT2D eigenvalue weighted by molar-refractivity contribution is 0.0984. The van der Waals surface area contributed by atoms with Crippen LogP contribution in [0.5, 0.6) is 0 Å². The molecule has 2 aromatic heterocycles. The van der Waals surface area contributed by atoms with Crippen molar-refractivity contribution < 1.29 is 9.59 Å². The van der Waals surface area contributed by atoms with E-state index in [2.05, 4.69) is 9.71 Å². The fourth-order valence-electron chi connectivity index (χ4n) is 2.24. The van der Waals surface area contributed by atoms with Gasteiger partial charge in [0.25, 0.3) is 5.91 Å². The van der Waals surface area contributed by atoms with Crippen LogP contribution in [0.25, 0.3) is 16.7 Å². The van der Waals surface area contributed by atoms with Crippen molar-refractivity contribution in [1.29, 1.82) is 0 Å². The first-order chi connectivity index (χ1) is 10.7. The number of hydrogen-bond donors (Lipinski definition) is 1. The van der Waals surface area contributed by atoms with Gasteiger partial charge in [0.15, 0.2) is 6.29 Å². The quantitative estimate of drug-likeness (QED) is 0.594. The Morgan fingerprint density at radius 3 is 2.73 bits per heavy atom. The molecule has 110 valence electrons. The normalized spacial score (nSPS) is 10.6. The van der Waals surface area contributed by atoms with E-state index in [-0.39, 0.29) is 5.91 Å². The zero-order chi connectivity index (χ0) is 15.5. The van der Waals surface area contributed by atoms with Gasteiger partial charge in [-0.3, -0.25) is 14.3 Å². The minimum Gasteiger partial charge on any atom is -0.301 e. The van der Waals surface area contributed by atoms with Crippen molar-refractivity contribution in [2.75, 3.05) is 6.26 Å². The first-order valence-corrected chi connectivity index (χ1v) is 7.81. The summed E-state index contributed by atoms with van der Waals surface area (Å²) in [6, 6.07) is 11.0. The molecule has 3 aromatic rings. The fraction of sp³-hybridized carbons (Fsp3) is 0.0625. The second kappa shape index (κ2) is 6.03. The number of amides is 1.